The van der Waals surface area contributed by atoms with E-state index in [1.54, 1.807) is 0 Å². The van der Waals surface area contributed by atoms with Gasteiger partial charge in [0.2, 0.25) is 0 Å². The van der Waals surface area contributed by atoms with Gasteiger partial charge in [0.15, 0.2) is 5.82 Å². The van der Waals surface area contributed by atoms with Gasteiger partial charge in [0, 0.05) is 11.0 Å². The van der Waals surface area contributed by atoms with Gasteiger partial charge in [0.05, 0.1) is 17.1 Å². The zero-order chi connectivity index (χ0) is 12.4. The molecular weight excluding hydrogens is 280 g/mol. The lowest BCUT2D eigenvalue weighted by atomic mass is 10.3. The predicted molar refractivity (Wildman–Crippen MR) is 74.5 cm³/mol. The number of hydrogen-bond acceptors (Lipinski definition) is 3. The zero-order valence-corrected chi connectivity index (χ0v) is 11.5. The van der Waals surface area contributed by atoms with E-state index in [2.05, 4.69) is 26.3 Å². The number of aryl methyl sites for hydroxylation is 2. The lowest BCUT2D eigenvalue weighted by Crippen LogP contribution is -2.04. The average molecular weight is 295 g/mol. The number of nitrogens with two attached hydrogens (primary N) is 1. The maximum Gasteiger partial charge on any atom is 0.152 e. The van der Waals surface area contributed by atoms with Crippen molar-refractivity contribution in [3.63, 3.8) is 0 Å². The average Bonchev–Trinajstić information content (AvgIpc) is 2.59. The first-order chi connectivity index (χ1) is 8.13. The van der Waals surface area contributed by atoms with Crippen LogP contribution in [0.15, 0.2) is 28.7 Å². The molecular formula is C12H15BrN4. The summed E-state index contributed by atoms with van der Waals surface area (Å²) >= 11 is 3.50. The Kier molecular flexibility index (Phi) is 3.38. The Morgan fingerprint density at radius 2 is 2.12 bits per heavy atom. The number of nitrogen functional groups attached to an aromatic ring is 1. The number of hydrogen-bond donors (Lipinski definition) is 2. The number of benzene rings is 1. The minimum atomic E-state index is 0.697. The predicted octanol–water partition coefficient (Wildman–Crippen LogP) is 3.30. The van der Waals surface area contributed by atoms with Crippen molar-refractivity contribution >= 4 is 33.1 Å². The lowest BCUT2D eigenvalue weighted by Gasteiger charge is -2.10. The summed E-state index contributed by atoms with van der Waals surface area (Å²) in [6.45, 7) is 4.73. The summed E-state index contributed by atoms with van der Waals surface area (Å²) in [6, 6.07) is 7.92. The molecule has 0 saturated heterocycles. The quantitative estimate of drug-likeness (QED) is 0.913. The van der Waals surface area contributed by atoms with E-state index >= 15 is 0 Å². The Hall–Kier alpha value is -1.49. The van der Waals surface area contributed by atoms with Crippen LogP contribution in [0.25, 0.3) is 0 Å². The summed E-state index contributed by atoms with van der Waals surface area (Å²) in [5.74, 6) is 0.844. The summed E-state index contributed by atoms with van der Waals surface area (Å²) in [7, 11) is 0. The molecule has 0 bridgehead atoms. The van der Waals surface area contributed by atoms with Crippen LogP contribution in [-0.2, 0) is 6.54 Å². The summed E-state index contributed by atoms with van der Waals surface area (Å²) in [6.07, 6.45) is 0. The molecule has 3 N–H and O–H groups in total. The second-order valence-electron chi connectivity index (χ2n) is 3.77. The Morgan fingerprint density at radius 3 is 2.76 bits per heavy atom. The van der Waals surface area contributed by atoms with E-state index in [1.807, 2.05) is 42.8 Å². The number of halogens is 1. The highest BCUT2D eigenvalue weighted by atomic mass is 79.9. The topological polar surface area (TPSA) is 55.9 Å². The summed E-state index contributed by atoms with van der Waals surface area (Å²) in [5, 5.41) is 7.68. The van der Waals surface area contributed by atoms with Crippen LogP contribution < -0.4 is 11.1 Å². The molecule has 2 rings (SSSR count). The standard InChI is InChI=1S/C12H15BrN4/c1-3-17-12(11(14)8(2)16-17)15-10-7-5-4-6-9(10)13/h4-7,15H,3,14H2,1-2H3. The molecule has 0 spiro atoms. The van der Waals surface area contributed by atoms with Crippen molar-refractivity contribution in [3.05, 3.63) is 34.4 Å². The Balaban J connectivity index is 2.39. The van der Waals surface area contributed by atoms with E-state index in [0.29, 0.717) is 5.69 Å². The highest BCUT2D eigenvalue weighted by molar-refractivity contribution is 9.10. The molecule has 0 aliphatic rings. The third kappa shape index (κ3) is 2.29. The molecule has 0 fully saturated rings. The van der Waals surface area contributed by atoms with Crippen LogP contribution in [0.4, 0.5) is 17.2 Å². The molecule has 0 unspecified atom stereocenters. The summed E-state index contributed by atoms with van der Waals surface area (Å²) < 4.78 is 2.87. The lowest BCUT2D eigenvalue weighted by molar-refractivity contribution is 0.661. The van der Waals surface area contributed by atoms with Crippen molar-refractivity contribution in [2.75, 3.05) is 11.1 Å². The molecule has 2 aromatic rings. The van der Waals surface area contributed by atoms with Gasteiger partial charge >= 0.3 is 0 Å². The minimum absolute atomic E-state index is 0.697. The van der Waals surface area contributed by atoms with E-state index in [1.165, 1.54) is 0 Å². The van der Waals surface area contributed by atoms with Gasteiger partial charge in [-0.1, -0.05) is 12.1 Å². The smallest absolute Gasteiger partial charge is 0.152 e. The van der Waals surface area contributed by atoms with Crippen LogP contribution in [0, 0.1) is 6.92 Å². The Labute approximate surface area is 109 Å². The number of nitrogens with zero attached hydrogens (tertiary/aromatic N) is 2. The van der Waals surface area contributed by atoms with E-state index in [9.17, 15) is 0 Å². The van der Waals surface area contributed by atoms with Gasteiger partial charge < -0.3 is 11.1 Å². The third-order valence-electron chi connectivity index (χ3n) is 2.60. The van der Waals surface area contributed by atoms with Gasteiger partial charge in [-0.25, -0.2) is 4.68 Å². The van der Waals surface area contributed by atoms with Crippen molar-refractivity contribution in [2.24, 2.45) is 0 Å². The fraction of sp³-hybridized carbons (Fsp3) is 0.250. The molecule has 0 aliphatic carbocycles. The Bertz CT molecular complexity index is 533. The van der Waals surface area contributed by atoms with Crippen molar-refractivity contribution < 1.29 is 0 Å². The largest absolute Gasteiger partial charge is 0.394 e. The molecule has 0 aliphatic heterocycles. The number of rotatable bonds is 3. The molecule has 0 radical (unpaired) electrons. The molecule has 5 heteroatoms. The molecule has 1 heterocycles. The molecule has 0 amide bonds. The first kappa shape index (κ1) is 12.0. The van der Waals surface area contributed by atoms with Gasteiger partial charge in [0.25, 0.3) is 0 Å². The molecule has 1 aromatic heterocycles. The molecule has 1 aromatic carbocycles. The van der Waals surface area contributed by atoms with Crippen molar-refractivity contribution in [2.45, 2.75) is 20.4 Å². The molecule has 0 saturated carbocycles. The van der Waals surface area contributed by atoms with E-state index in [0.717, 1.165) is 28.2 Å². The maximum atomic E-state index is 6.02. The second-order valence-corrected chi connectivity index (χ2v) is 4.62. The van der Waals surface area contributed by atoms with Gasteiger partial charge in [0.1, 0.15) is 0 Å². The second kappa shape index (κ2) is 4.79. The van der Waals surface area contributed by atoms with Gasteiger partial charge in [-0.05, 0) is 41.9 Å². The van der Waals surface area contributed by atoms with E-state index < -0.39 is 0 Å². The highest BCUT2D eigenvalue weighted by Crippen LogP contribution is 2.29. The summed E-state index contributed by atoms with van der Waals surface area (Å²) in [5.41, 5.74) is 8.54. The van der Waals surface area contributed by atoms with Crippen molar-refractivity contribution in [1.82, 2.24) is 9.78 Å². The first-order valence-electron chi connectivity index (χ1n) is 5.48. The van der Waals surface area contributed by atoms with Crippen molar-refractivity contribution in [3.8, 4) is 0 Å². The third-order valence-corrected chi connectivity index (χ3v) is 3.29. The molecule has 0 atom stereocenters. The van der Waals surface area contributed by atoms with Gasteiger partial charge in [-0.3, -0.25) is 0 Å². The van der Waals surface area contributed by atoms with E-state index in [-0.39, 0.29) is 0 Å². The fourth-order valence-corrected chi connectivity index (χ4v) is 2.03. The van der Waals surface area contributed by atoms with Crippen LogP contribution in [0.3, 0.4) is 0 Å². The normalized spacial score (nSPS) is 10.5. The molecule has 17 heavy (non-hydrogen) atoms. The maximum absolute atomic E-state index is 6.02. The van der Waals surface area contributed by atoms with Crippen LogP contribution in [0.2, 0.25) is 0 Å². The molecule has 4 nitrogen and oxygen atoms in total. The number of nitrogens with one attached hydrogen (secondary N) is 1. The van der Waals surface area contributed by atoms with Crippen LogP contribution in [0.5, 0.6) is 0 Å². The SMILES string of the molecule is CCn1nc(C)c(N)c1Nc1ccccc1Br. The minimum Gasteiger partial charge on any atom is -0.394 e. The van der Waals surface area contributed by atoms with E-state index in [4.69, 9.17) is 5.73 Å². The Morgan fingerprint density at radius 1 is 1.41 bits per heavy atom. The fourth-order valence-electron chi connectivity index (χ4n) is 1.65. The van der Waals surface area contributed by atoms with Gasteiger partial charge in [-0.15, -0.1) is 0 Å². The van der Waals surface area contributed by atoms with Crippen LogP contribution >= 0.6 is 15.9 Å². The highest BCUT2D eigenvalue weighted by Gasteiger charge is 2.12. The van der Waals surface area contributed by atoms with Crippen molar-refractivity contribution in [1.29, 1.82) is 0 Å². The molecule has 90 valence electrons. The monoisotopic (exact) mass is 294 g/mol. The van der Waals surface area contributed by atoms with Crippen LogP contribution in [0.1, 0.15) is 12.6 Å². The number of anilines is 3. The van der Waals surface area contributed by atoms with Gasteiger partial charge in [-0.2, -0.15) is 5.10 Å². The summed E-state index contributed by atoms with van der Waals surface area (Å²) in [4.78, 5) is 0. The number of para-hydroxylation sites is 1. The first-order valence-corrected chi connectivity index (χ1v) is 6.27. The zero-order valence-electron chi connectivity index (χ0n) is 9.87. The van der Waals surface area contributed by atoms with Crippen LogP contribution in [-0.4, -0.2) is 9.78 Å². The number of aromatic nitrogens is 2.